The van der Waals surface area contributed by atoms with Gasteiger partial charge in [0.05, 0.1) is 35.4 Å². The first kappa shape index (κ1) is 23.6. The Balaban J connectivity index is 1.77. The minimum absolute atomic E-state index is 0.0737. The summed E-state index contributed by atoms with van der Waals surface area (Å²) in [5.74, 6) is 4.96. The van der Waals surface area contributed by atoms with Gasteiger partial charge >= 0.3 is 0 Å². The van der Waals surface area contributed by atoms with Gasteiger partial charge in [0.2, 0.25) is 5.91 Å². The van der Waals surface area contributed by atoms with E-state index in [1.54, 1.807) is 24.7 Å². The Hall–Kier alpha value is -4.59. The number of nitrogens with zero attached hydrogens (tertiary/aromatic N) is 4. The number of hydrogen-bond acceptors (Lipinski definition) is 6. The van der Waals surface area contributed by atoms with Gasteiger partial charge in [-0.15, -0.1) is 0 Å². The van der Waals surface area contributed by atoms with Crippen molar-refractivity contribution in [2.75, 3.05) is 26.0 Å². The highest BCUT2D eigenvalue weighted by Crippen LogP contribution is 2.34. The number of amides is 2. The molecule has 1 fully saturated rings. The molecule has 0 unspecified atom stereocenters. The SMILES string of the molecule is C=CC(=O)N1C[C@@H](n2nc(C#Cc3cc4[nH]c(C)nc4cc3F)c(C(N)=O)c2NC)C/C1=C\OC. The van der Waals surface area contributed by atoms with Gasteiger partial charge in [0.25, 0.3) is 5.91 Å². The van der Waals surface area contributed by atoms with Crippen LogP contribution in [0.15, 0.2) is 36.7 Å². The van der Waals surface area contributed by atoms with Crippen molar-refractivity contribution in [1.29, 1.82) is 0 Å². The van der Waals surface area contributed by atoms with Crippen molar-refractivity contribution >= 4 is 28.7 Å². The van der Waals surface area contributed by atoms with E-state index in [-0.39, 0.29) is 35.3 Å². The monoisotopic (exact) mass is 477 g/mol. The van der Waals surface area contributed by atoms with E-state index in [0.29, 0.717) is 34.8 Å². The molecule has 10 nitrogen and oxygen atoms in total. The van der Waals surface area contributed by atoms with Gasteiger partial charge in [-0.25, -0.2) is 14.1 Å². The molecule has 0 bridgehead atoms. The molecule has 0 saturated carbocycles. The molecule has 1 aliphatic rings. The number of hydrogen-bond donors (Lipinski definition) is 3. The Bertz CT molecular complexity index is 1440. The summed E-state index contributed by atoms with van der Waals surface area (Å²) in [4.78, 5) is 33.4. The fourth-order valence-corrected chi connectivity index (χ4v) is 4.14. The highest BCUT2D eigenvalue weighted by atomic mass is 19.1. The lowest BCUT2D eigenvalue weighted by Gasteiger charge is -2.16. The van der Waals surface area contributed by atoms with Crippen LogP contribution < -0.4 is 11.1 Å². The van der Waals surface area contributed by atoms with Crippen molar-refractivity contribution in [3.63, 3.8) is 0 Å². The molecule has 1 aliphatic heterocycles. The molecular weight excluding hydrogens is 453 g/mol. The van der Waals surface area contributed by atoms with Crippen LogP contribution in [0.1, 0.15) is 39.9 Å². The Kier molecular flexibility index (Phi) is 6.29. The number of aromatic nitrogens is 4. The number of ether oxygens (including phenoxy) is 1. The van der Waals surface area contributed by atoms with Gasteiger partial charge in [-0.2, -0.15) is 5.10 Å². The van der Waals surface area contributed by atoms with E-state index < -0.39 is 11.7 Å². The number of anilines is 1. The van der Waals surface area contributed by atoms with Crippen molar-refractivity contribution in [2.45, 2.75) is 19.4 Å². The highest BCUT2D eigenvalue weighted by molar-refractivity contribution is 6.00. The number of methoxy groups -OCH3 is 1. The lowest BCUT2D eigenvalue weighted by Crippen LogP contribution is -2.27. The second kappa shape index (κ2) is 9.34. The lowest BCUT2D eigenvalue weighted by atomic mass is 10.1. The summed E-state index contributed by atoms with van der Waals surface area (Å²) < 4.78 is 21.3. The molecule has 11 heteroatoms. The number of benzene rings is 1. The number of nitrogens with one attached hydrogen (secondary N) is 2. The first-order valence-corrected chi connectivity index (χ1v) is 10.7. The predicted molar refractivity (Wildman–Crippen MR) is 128 cm³/mol. The third-order valence-corrected chi connectivity index (χ3v) is 5.62. The number of aromatic amines is 1. The van der Waals surface area contributed by atoms with Crippen LogP contribution in [0.2, 0.25) is 0 Å². The van der Waals surface area contributed by atoms with Gasteiger partial charge in [-0.3, -0.25) is 9.59 Å². The van der Waals surface area contributed by atoms with Crippen molar-refractivity contribution in [3.8, 4) is 11.8 Å². The zero-order valence-electron chi connectivity index (χ0n) is 19.5. The first-order chi connectivity index (χ1) is 16.8. The number of H-pyrrole nitrogens is 1. The van der Waals surface area contributed by atoms with E-state index in [0.717, 1.165) is 0 Å². The molecule has 1 saturated heterocycles. The zero-order valence-corrected chi connectivity index (χ0v) is 19.5. The van der Waals surface area contributed by atoms with Crippen LogP contribution in [0.25, 0.3) is 11.0 Å². The Morgan fingerprint density at radius 2 is 2.17 bits per heavy atom. The topological polar surface area (TPSA) is 131 Å². The minimum atomic E-state index is -0.741. The molecule has 3 aromatic rings. The standard InChI is InChI=1S/C24H24FN7O3/c1-5-21(33)31-11-15(9-16(31)12-35-4)32-24(27-3)22(23(26)34)18(30-32)7-6-14-8-19-20(10-17(14)25)29-13(2)28-19/h5,8,10,12,15,27H,1,9,11H2,2-4H3,(H2,26,34)(H,28,29)/b16-12+/t15-/m0/s1. The molecule has 0 radical (unpaired) electrons. The predicted octanol–water partition coefficient (Wildman–Crippen LogP) is 2.19. The van der Waals surface area contributed by atoms with Gasteiger partial charge in [0.1, 0.15) is 29.3 Å². The Morgan fingerprint density at radius 3 is 2.83 bits per heavy atom. The summed E-state index contributed by atoms with van der Waals surface area (Å²) in [7, 11) is 3.11. The number of nitrogens with two attached hydrogens (primary N) is 1. The maximum absolute atomic E-state index is 14.6. The molecule has 1 aromatic carbocycles. The molecule has 4 N–H and O–H groups in total. The number of carbonyl (C=O) groups excluding carboxylic acids is 2. The highest BCUT2D eigenvalue weighted by Gasteiger charge is 2.35. The zero-order chi connectivity index (χ0) is 25.3. The normalized spacial score (nSPS) is 16.3. The number of primary amides is 1. The fourth-order valence-electron chi connectivity index (χ4n) is 4.14. The van der Waals surface area contributed by atoms with Crippen LogP contribution in [-0.2, 0) is 9.53 Å². The molecule has 4 rings (SSSR count). The largest absolute Gasteiger partial charge is 0.503 e. The Labute approximate surface area is 200 Å². The number of fused-ring (bicyclic) bond motifs is 1. The molecule has 1 atom stereocenters. The molecule has 3 heterocycles. The van der Waals surface area contributed by atoms with Crippen molar-refractivity contribution in [3.05, 3.63) is 65.2 Å². The van der Waals surface area contributed by atoms with Crippen LogP contribution in [0.5, 0.6) is 0 Å². The molecule has 2 amide bonds. The number of likely N-dealkylation sites (tertiary alicyclic amines) is 1. The second-order valence-electron chi connectivity index (χ2n) is 7.91. The van der Waals surface area contributed by atoms with Crippen LogP contribution in [-0.4, -0.2) is 57.2 Å². The summed E-state index contributed by atoms with van der Waals surface area (Å²) in [6, 6.07) is 2.51. The van der Waals surface area contributed by atoms with Gasteiger partial charge in [-0.1, -0.05) is 12.5 Å². The lowest BCUT2D eigenvalue weighted by molar-refractivity contribution is -0.123. The average Bonchev–Trinajstić information content (AvgIpc) is 3.50. The molecule has 0 spiro atoms. The summed E-state index contributed by atoms with van der Waals surface area (Å²) in [6.45, 7) is 5.58. The molecular formula is C24H24FN7O3. The summed E-state index contributed by atoms with van der Waals surface area (Å²) in [6.07, 6.45) is 3.10. The van der Waals surface area contributed by atoms with Crippen LogP contribution >= 0.6 is 0 Å². The maximum atomic E-state index is 14.6. The number of carbonyl (C=O) groups is 2. The van der Waals surface area contributed by atoms with Crippen molar-refractivity contribution in [1.82, 2.24) is 24.6 Å². The number of rotatable bonds is 5. The Morgan fingerprint density at radius 1 is 1.40 bits per heavy atom. The quantitative estimate of drug-likeness (QED) is 0.293. The fraction of sp³-hybridized carbons (Fsp3) is 0.250. The van der Waals surface area contributed by atoms with Crippen LogP contribution in [0.4, 0.5) is 10.2 Å². The first-order valence-electron chi connectivity index (χ1n) is 10.7. The van der Waals surface area contributed by atoms with E-state index >= 15 is 0 Å². The van der Waals surface area contributed by atoms with Gasteiger partial charge in [0.15, 0.2) is 5.69 Å². The van der Waals surface area contributed by atoms with Gasteiger partial charge in [-0.05, 0) is 25.0 Å². The minimum Gasteiger partial charge on any atom is -0.503 e. The van der Waals surface area contributed by atoms with Crippen LogP contribution in [0, 0.1) is 24.6 Å². The van der Waals surface area contributed by atoms with E-state index in [4.69, 9.17) is 10.5 Å². The molecule has 0 aliphatic carbocycles. The number of allylic oxidation sites excluding steroid dienone is 1. The summed E-state index contributed by atoms with van der Waals surface area (Å²) in [5.41, 5.74) is 7.70. The van der Waals surface area contributed by atoms with E-state index in [2.05, 4.69) is 38.8 Å². The summed E-state index contributed by atoms with van der Waals surface area (Å²) in [5, 5.41) is 7.47. The van der Waals surface area contributed by atoms with Crippen LogP contribution in [0.3, 0.4) is 0 Å². The van der Waals surface area contributed by atoms with E-state index in [1.165, 1.54) is 30.4 Å². The average molecular weight is 478 g/mol. The van der Waals surface area contributed by atoms with Gasteiger partial charge < -0.3 is 25.7 Å². The number of imidazole rings is 1. The second-order valence-corrected chi connectivity index (χ2v) is 7.91. The maximum Gasteiger partial charge on any atom is 0.255 e. The molecule has 2 aromatic heterocycles. The molecule has 35 heavy (non-hydrogen) atoms. The van der Waals surface area contributed by atoms with E-state index in [9.17, 15) is 14.0 Å². The third kappa shape index (κ3) is 4.33. The summed E-state index contributed by atoms with van der Waals surface area (Å²) >= 11 is 0. The van der Waals surface area contributed by atoms with Crippen molar-refractivity contribution in [2.24, 2.45) is 5.73 Å². The number of halogens is 1. The van der Waals surface area contributed by atoms with Crippen molar-refractivity contribution < 1.29 is 18.7 Å². The smallest absolute Gasteiger partial charge is 0.255 e. The van der Waals surface area contributed by atoms with Gasteiger partial charge in [0, 0.05) is 26.1 Å². The molecule has 180 valence electrons. The third-order valence-electron chi connectivity index (χ3n) is 5.62. The van der Waals surface area contributed by atoms with E-state index in [1.807, 2.05) is 0 Å². The number of aryl methyl sites for hydroxylation is 1.